The molecule has 0 radical (unpaired) electrons. The van der Waals surface area contributed by atoms with Crippen LogP contribution in [0.3, 0.4) is 0 Å². The van der Waals surface area contributed by atoms with Gasteiger partial charge in [-0.15, -0.1) is 0 Å². The molecule has 0 heterocycles. The predicted octanol–water partition coefficient (Wildman–Crippen LogP) is 3.46. The number of carbonyl (C=O) groups excluding carboxylic acids is 1. The van der Waals surface area contributed by atoms with E-state index in [0.717, 1.165) is 5.56 Å². The summed E-state index contributed by atoms with van der Waals surface area (Å²) in [6, 6.07) is 8.48. The SMILES string of the molecule is CCC(N)(CC)C(=O)N(C)Cc1ccc(C(C)(C)C)cc1. The van der Waals surface area contributed by atoms with E-state index in [9.17, 15) is 4.79 Å². The minimum atomic E-state index is -0.736. The van der Waals surface area contributed by atoms with E-state index in [1.54, 1.807) is 4.90 Å². The first-order valence-corrected chi connectivity index (χ1v) is 7.78. The van der Waals surface area contributed by atoms with Crippen molar-refractivity contribution in [2.45, 2.75) is 65.0 Å². The molecule has 118 valence electrons. The molecule has 1 amide bonds. The monoisotopic (exact) mass is 290 g/mol. The number of likely N-dealkylation sites (N-methyl/N-ethyl adjacent to an activating group) is 1. The van der Waals surface area contributed by atoms with Crippen molar-refractivity contribution in [2.24, 2.45) is 5.73 Å². The molecule has 3 nitrogen and oxygen atoms in total. The number of nitrogens with zero attached hydrogens (tertiary/aromatic N) is 1. The predicted molar refractivity (Wildman–Crippen MR) is 89.1 cm³/mol. The molecular weight excluding hydrogens is 260 g/mol. The van der Waals surface area contributed by atoms with Gasteiger partial charge in [0.25, 0.3) is 0 Å². The Morgan fingerprint density at radius 1 is 1.10 bits per heavy atom. The van der Waals surface area contributed by atoms with Crippen molar-refractivity contribution in [1.29, 1.82) is 0 Å². The maximum atomic E-state index is 12.5. The summed E-state index contributed by atoms with van der Waals surface area (Å²) in [5.41, 5.74) is 8.03. The topological polar surface area (TPSA) is 46.3 Å². The molecule has 0 fully saturated rings. The lowest BCUT2D eigenvalue weighted by atomic mass is 9.86. The van der Waals surface area contributed by atoms with Gasteiger partial charge in [-0.25, -0.2) is 0 Å². The van der Waals surface area contributed by atoms with Crippen LogP contribution >= 0.6 is 0 Å². The summed E-state index contributed by atoms with van der Waals surface area (Å²) in [6.45, 7) is 11.1. The van der Waals surface area contributed by atoms with Crippen LogP contribution in [0.25, 0.3) is 0 Å². The number of hydrogen-bond acceptors (Lipinski definition) is 2. The Labute approximate surface area is 129 Å². The lowest BCUT2D eigenvalue weighted by Gasteiger charge is -2.31. The third-order valence-electron chi connectivity index (χ3n) is 4.27. The van der Waals surface area contributed by atoms with Gasteiger partial charge >= 0.3 is 0 Å². The van der Waals surface area contributed by atoms with Gasteiger partial charge < -0.3 is 10.6 Å². The first kappa shape index (κ1) is 17.7. The molecule has 0 saturated carbocycles. The summed E-state index contributed by atoms with van der Waals surface area (Å²) in [7, 11) is 1.83. The highest BCUT2D eigenvalue weighted by Crippen LogP contribution is 2.23. The zero-order valence-corrected chi connectivity index (χ0v) is 14.4. The Kier molecular flexibility index (Phi) is 5.57. The molecule has 1 rings (SSSR count). The maximum absolute atomic E-state index is 12.5. The smallest absolute Gasteiger partial charge is 0.242 e. The van der Waals surface area contributed by atoms with Gasteiger partial charge in [-0.2, -0.15) is 0 Å². The standard InChI is InChI=1S/C18H30N2O/c1-7-18(19,8-2)16(21)20(6)13-14-9-11-15(12-10-14)17(3,4)5/h9-12H,7-8,13,19H2,1-6H3. The second kappa shape index (κ2) is 6.61. The van der Waals surface area contributed by atoms with Crippen LogP contribution in [-0.2, 0) is 16.8 Å². The molecule has 2 N–H and O–H groups in total. The first-order chi connectivity index (χ1) is 9.64. The van der Waals surface area contributed by atoms with Gasteiger partial charge in [0, 0.05) is 13.6 Å². The zero-order valence-electron chi connectivity index (χ0n) is 14.4. The van der Waals surface area contributed by atoms with Crippen LogP contribution in [0.15, 0.2) is 24.3 Å². The fourth-order valence-electron chi connectivity index (χ4n) is 2.39. The minimum Gasteiger partial charge on any atom is -0.340 e. The van der Waals surface area contributed by atoms with Crippen LogP contribution in [0, 0.1) is 0 Å². The summed E-state index contributed by atoms with van der Waals surface area (Å²) in [5, 5.41) is 0. The van der Waals surface area contributed by atoms with E-state index in [1.807, 2.05) is 20.9 Å². The van der Waals surface area contributed by atoms with Crippen molar-refractivity contribution in [3.63, 3.8) is 0 Å². The van der Waals surface area contributed by atoms with Crippen molar-refractivity contribution in [3.05, 3.63) is 35.4 Å². The summed E-state index contributed by atoms with van der Waals surface area (Å²) in [5.74, 6) is 0.0207. The highest BCUT2D eigenvalue weighted by atomic mass is 16.2. The quantitative estimate of drug-likeness (QED) is 0.902. The van der Waals surface area contributed by atoms with Gasteiger partial charge in [0.1, 0.15) is 0 Å². The highest BCUT2D eigenvalue weighted by molar-refractivity contribution is 5.85. The second-order valence-corrected chi connectivity index (χ2v) is 6.97. The molecule has 0 unspecified atom stereocenters. The summed E-state index contributed by atoms with van der Waals surface area (Å²) >= 11 is 0. The molecule has 0 spiro atoms. The Balaban J connectivity index is 2.80. The molecule has 21 heavy (non-hydrogen) atoms. The number of amides is 1. The Hall–Kier alpha value is -1.35. The van der Waals surface area contributed by atoms with E-state index in [1.165, 1.54) is 5.56 Å². The molecule has 0 atom stereocenters. The third-order valence-corrected chi connectivity index (χ3v) is 4.27. The van der Waals surface area contributed by atoms with Gasteiger partial charge in [-0.05, 0) is 29.4 Å². The summed E-state index contributed by atoms with van der Waals surface area (Å²) in [4.78, 5) is 14.2. The van der Waals surface area contributed by atoms with Crippen LogP contribution in [0.5, 0.6) is 0 Å². The highest BCUT2D eigenvalue weighted by Gasteiger charge is 2.32. The molecule has 0 aliphatic carbocycles. The van der Waals surface area contributed by atoms with E-state index in [-0.39, 0.29) is 11.3 Å². The van der Waals surface area contributed by atoms with Crippen molar-refractivity contribution >= 4 is 5.91 Å². The average molecular weight is 290 g/mol. The Morgan fingerprint density at radius 2 is 1.57 bits per heavy atom. The van der Waals surface area contributed by atoms with Crippen molar-refractivity contribution < 1.29 is 4.79 Å². The third kappa shape index (κ3) is 4.31. The number of rotatable bonds is 5. The lowest BCUT2D eigenvalue weighted by Crippen LogP contribution is -2.53. The molecule has 0 aliphatic rings. The van der Waals surface area contributed by atoms with Gasteiger partial charge in [-0.3, -0.25) is 4.79 Å². The summed E-state index contributed by atoms with van der Waals surface area (Å²) in [6.07, 6.45) is 1.32. The average Bonchev–Trinajstić information content (AvgIpc) is 2.45. The summed E-state index contributed by atoms with van der Waals surface area (Å²) < 4.78 is 0. The number of nitrogens with two attached hydrogens (primary N) is 1. The van der Waals surface area contributed by atoms with Crippen molar-refractivity contribution in [2.75, 3.05) is 7.05 Å². The van der Waals surface area contributed by atoms with E-state index >= 15 is 0 Å². The molecule has 1 aromatic rings. The van der Waals surface area contributed by atoms with Crippen LogP contribution in [0.2, 0.25) is 0 Å². The first-order valence-electron chi connectivity index (χ1n) is 7.78. The van der Waals surface area contributed by atoms with Gasteiger partial charge in [0.05, 0.1) is 5.54 Å². The number of benzene rings is 1. The maximum Gasteiger partial charge on any atom is 0.242 e. The van der Waals surface area contributed by atoms with Crippen LogP contribution in [0.1, 0.15) is 58.6 Å². The van der Waals surface area contributed by atoms with Gasteiger partial charge in [0.2, 0.25) is 5.91 Å². The van der Waals surface area contributed by atoms with Gasteiger partial charge in [0.15, 0.2) is 0 Å². The van der Waals surface area contributed by atoms with Crippen LogP contribution < -0.4 is 5.73 Å². The lowest BCUT2D eigenvalue weighted by molar-refractivity contribution is -0.136. The Bertz CT molecular complexity index is 467. The molecule has 0 bridgehead atoms. The second-order valence-electron chi connectivity index (χ2n) is 6.97. The number of carbonyl (C=O) groups is 1. The molecule has 0 aliphatic heterocycles. The van der Waals surface area contributed by atoms with Gasteiger partial charge in [-0.1, -0.05) is 58.9 Å². The fourth-order valence-corrected chi connectivity index (χ4v) is 2.39. The molecule has 3 heteroatoms. The molecule has 1 aromatic carbocycles. The number of hydrogen-bond donors (Lipinski definition) is 1. The minimum absolute atomic E-state index is 0.0207. The molecule has 0 saturated heterocycles. The van der Waals surface area contributed by atoms with Crippen molar-refractivity contribution in [3.8, 4) is 0 Å². The molecule has 0 aromatic heterocycles. The van der Waals surface area contributed by atoms with E-state index in [4.69, 9.17) is 5.73 Å². The Morgan fingerprint density at radius 3 is 1.95 bits per heavy atom. The fraction of sp³-hybridized carbons (Fsp3) is 0.611. The van der Waals surface area contributed by atoms with E-state index in [0.29, 0.717) is 19.4 Å². The van der Waals surface area contributed by atoms with Crippen LogP contribution in [0.4, 0.5) is 0 Å². The van der Waals surface area contributed by atoms with E-state index < -0.39 is 5.54 Å². The normalized spacial score (nSPS) is 12.3. The molecular formula is C18H30N2O. The zero-order chi connectivity index (χ0) is 16.3. The largest absolute Gasteiger partial charge is 0.340 e. The van der Waals surface area contributed by atoms with E-state index in [2.05, 4.69) is 45.0 Å². The van der Waals surface area contributed by atoms with Crippen LogP contribution in [-0.4, -0.2) is 23.4 Å². The van der Waals surface area contributed by atoms with Crippen molar-refractivity contribution in [1.82, 2.24) is 4.90 Å².